The summed E-state index contributed by atoms with van der Waals surface area (Å²) in [5, 5.41) is 2.53. The highest BCUT2D eigenvalue weighted by Gasteiger charge is 2.29. The lowest BCUT2D eigenvalue weighted by atomic mass is 10.2. The third-order valence-electron chi connectivity index (χ3n) is 2.88. The normalized spacial score (nSPS) is 13.1. The summed E-state index contributed by atoms with van der Waals surface area (Å²) in [6.45, 7) is 0.848. The molecule has 0 aliphatic heterocycles. The van der Waals surface area contributed by atoms with Gasteiger partial charge in [-0.1, -0.05) is 11.6 Å². The van der Waals surface area contributed by atoms with Crippen LogP contribution in [0.25, 0.3) is 0 Å². The van der Waals surface area contributed by atoms with Crippen molar-refractivity contribution in [1.29, 1.82) is 0 Å². The van der Waals surface area contributed by atoms with E-state index in [0.717, 1.165) is 6.20 Å². The minimum absolute atomic E-state index is 0.127. The first-order valence-corrected chi connectivity index (χ1v) is 6.77. The van der Waals surface area contributed by atoms with E-state index >= 15 is 0 Å². The van der Waals surface area contributed by atoms with Gasteiger partial charge in [0.25, 0.3) is 5.91 Å². The van der Waals surface area contributed by atoms with Gasteiger partial charge >= 0.3 is 6.18 Å². The average Bonchev–Trinajstić information content (AvgIpc) is 2.41. The number of carbonyl (C=O) groups is 1. The van der Waals surface area contributed by atoms with Crippen LogP contribution < -0.4 is 10.1 Å². The number of nitrogens with zero attached hydrogens (tertiary/aromatic N) is 2. The molecule has 1 atom stereocenters. The number of carbonyl (C=O) groups excluding carboxylic acids is 1. The highest BCUT2D eigenvalue weighted by atomic mass is 35.5. The SMILES string of the molecule is C[C@@H](CNC(=O)c1cnc(OCC(F)(F)F)c(Cl)c1)N(C)C. The molecule has 1 N–H and O–H groups in total. The lowest BCUT2D eigenvalue weighted by Gasteiger charge is -2.20. The molecule has 5 nitrogen and oxygen atoms in total. The van der Waals surface area contributed by atoms with Crippen LogP contribution in [0.1, 0.15) is 17.3 Å². The number of nitrogens with one attached hydrogen (secondary N) is 1. The van der Waals surface area contributed by atoms with Crippen molar-refractivity contribution in [1.82, 2.24) is 15.2 Å². The second-order valence-corrected chi connectivity index (χ2v) is 5.34. The van der Waals surface area contributed by atoms with E-state index in [4.69, 9.17) is 11.6 Å². The van der Waals surface area contributed by atoms with E-state index < -0.39 is 18.7 Å². The Morgan fingerprint density at radius 1 is 1.50 bits per heavy atom. The molecule has 124 valence electrons. The van der Waals surface area contributed by atoms with Crippen LogP contribution in [0.15, 0.2) is 12.3 Å². The van der Waals surface area contributed by atoms with Crippen LogP contribution in [0.4, 0.5) is 13.2 Å². The molecule has 0 aliphatic carbocycles. The van der Waals surface area contributed by atoms with Crippen LogP contribution in [-0.2, 0) is 0 Å². The molecule has 0 bridgehead atoms. The molecule has 0 aromatic carbocycles. The predicted octanol–water partition coefficient (Wildman–Crippen LogP) is 2.36. The summed E-state index contributed by atoms with van der Waals surface area (Å²) in [4.78, 5) is 17.5. The second-order valence-electron chi connectivity index (χ2n) is 4.94. The molecular weight excluding hydrogens is 323 g/mol. The summed E-state index contributed by atoms with van der Waals surface area (Å²) in [5.74, 6) is -0.775. The van der Waals surface area contributed by atoms with Crippen LogP contribution in [0, 0.1) is 0 Å². The smallest absolute Gasteiger partial charge is 0.422 e. The van der Waals surface area contributed by atoms with Crippen LogP contribution in [0.5, 0.6) is 5.88 Å². The molecule has 1 amide bonds. The van der Waals surface area contributed by atoms with Gasteiger partial charge in [0.2, 0.25) is 5.88 Å². The van der Waals surface area contributed by atoms with Crippen LogP contribution in [-0.4, -0.2) is 55.3 Å². The maximum atomic E-state index is 12.1. The summed E-state index contributed by atoms with van der Waals surface area (Å²) in [6.07, 6.45) is -3.36. The molecule has 9 heteroatoms. The van der Waals surface area contributed by atoms with Crippen molar-refractivity contribution in [3.8, 4) is 5.88 Å². The van der Waals surface area contributed by atoms with Gasteiger partial charge in [0.15, 0.2) is 6.61 Å². The quantitative estimate of drug-likeness (QED) is 0.864. The predicted molar refractivity (Wildman–Crippen MR) is 76.3 cm³/mol. The number of rotatable bonds is 6. The Morgan fingerprint density at radius 2 is 2.14 bits per heavy atom. The summed E-state index contributed by atoms with van der Waals surface area (Å²) < 4.78 is 40.6. The lowest BCUT2D eigenvalue weighted by molar-refractivity contribution is -0.154. The molecule has 1 aromatic rings. The number of ether oxygens (including phenoxy) is 1. The van der Waals surface area contributed by atoms with Crippen molar-refractivity contribution in [2.45, 2.75) is 19.1 Å². The number of amides is 1. The third-order valence-corrected chi connectivity index (χ3v) is 3.15. The fourth-order valence-corrected chi connectivity index (χ4v) is 1.55. The molecule has 1 rings (SSSR count). The van der Waals surface area contributed by atoms with Crippen molar-refractivity contribution in [2.75, 3.05) is 27.2 Å². The zero-order chi connectivity index (χ0) is 16.9. The monoisotopic (exact) mass is 339 g/mol. The first-order valence-electron chi connectivity index (χ1n) is 6.40. The Hall–Kier alpha value is -1.54. The van der Waals surface area contributed by atoms with E-state index in [2.05, 4.69) is 15.0 Å². The molecule has 1 heterocycles. The zero-order valence-electron chi connectivity index (χ0n) is 12.4. The minimum atomic E-state index is -4.48. The maximum absolute atomic E-state index is 12.1. The molecule has 0 saturated carbocycles. The van der Waals surface area contributed by atoms with E-state index in [1.54, 1.807) is 0 Å². The Labute approximate surface area is 131 Å². The molecule has 0 fully saturated rings. The van der Waals surface area contributed by atoms with Crippen molar-refractivity contribution in [3.05, 3.63) is 22.8 Å². The van der Waals surface area contributed by atoms with Gasteiger partial charge in [-0.2, -0.15) is 13.2 Å². The molecule has 1 aromatic heterocycles. The van der Waals surface area contributed by atoms with Gasteiger partial charge < -0.3 is 15.0 Å². The molecule has 0 saturated heterocycles. The van der Waals surface area contributed by atoms with Crippen LogP contribution in [0.3, 0.4) is 0 Å². The summed E-state index contributed by atoms with van der Waals surface area (Å²) in [5.41, 5.74) is 0.148. The van der Waals surface area contributed by atoms with Crippen molar-refractivity contribution >= 4 is 17.5 Å². The van der Waals surface area contributed by atoms with E-state index in [9.17, 15) is 18.0 Å². The van der Waals surface area contributed by atoms with Gasteiger partial charge in [-0.05, 0) is 27.1 Å². The van der Waals surface area contributed by atoms with Crippen molar-refractivity contribution in [2.24, 2.45) is 0 Å². The highest BCUT2D eigenvalue weighted by Crippen LogP contribution is 2.24. The number of likely N-dealkylation sites (N-methyl/N-ethyl adjacent to an activating group) is 1. The average molecular weight is 340 g/mol. The molecular formula is C13H17ClF3N3O2. The maximum Gasteiger partial charge on any atom is 0.422 e. The largest absolute Gasteiger partial charge is 0.467 e. The topological polar surface area (TPSA) is 54.5 Å². The summed E-state index contributed by atoms with van der Waals surface area (Å²) in [6, 6.07) is 1.34. The van der Waals surface area contributed by atoms with E-state index in [1.165, 1.54) is 6.07 Å². The van der Waals surface area contributed by atoms with Gasteiger partial charge in [0.05, 0.1) is 5.56 Å². The molecule has 0 unspecified atom stereocenters. The van der Waals surface area contributed by atoms with Gasteiger partial charge in [-0.15, -0.1) is 0 Å². The number of pyridine rings is 1. The van der Waals surface area contributed by atoms with E-state index in [0.29, 0.717) is 6.54 Å². The zero-order valence-corrected chi connectivity index (χ0v) is 13.1. The standard InChI is InChI=1S/C13H17ClF3N3O2/c1-8(20(2)3)5-18-11(21)9-4-10(14)12(19-6-9)22-7-13(15,16)17/h4,6,8H,5,7H2,1-3H3,(H,18,21)/t8-/m0/s1. The Balaban J connectivity index is 2.66. The van der Waals surface area contributed by atoms with Gasteiger partial charge in [-0.3, -0.25) is 4.79 Å². The Kier molecular flexibility index (Phi) is 6.43. The lowest BCUT2D eigenvalue weighted by Crippen LogP contribution is -2.38. The first kappa shape index (κ1) is 18.5. The van der Waals surface area contributed by atoms with Crippen LogP contribution >= 0.6 is 11.6 Å². The fourth-order valence-electron chi connectivity index (χ4n) is 1.33. The van der Waals surface area contributed by atoms with Crippen molar-refractivity contribution < 1.29 is 22.7 Å². The highest BCUT2D eigenvalue weighted by molar-refractivity contribution is 6.32. The van der Waals surface area contributed by atoms with Gasteiger partial charge in [0.1, 0.15) is 5.02 Å². The van der Waals surface area contributed by atoms with Crippen molar-refractivity contribution in [3.63, 3.8) is 0 Å². The Morgan fingerprint density at radius 3 is 2.64 bits per heavy atom. The molecule has 0 spiro atoms. The van der Waals surface area contributed by atoms with E-state index in [1.807, 2.05) is 25.9 Å². The summed E-state index contributed by atoms with van der Waals surface area (Å²) in [7, 11) is 3.75. The van der Waals surface area contributed by atoms with E-state index in [-0.39, 0.29) is 22.5 Å². The third kappa shape index (κ3) is 6.07. The molecule has 0 aliphatic rings. The first-order chi connectivity index (χ1) is 10.1. The minimum Gasteiger partial charge on any atom is -0.467 e. The number of hydrogen-bond acceptors (Lipinski definition) is 4. The number of alkyl halides is 3. The fraction of sp³-hybridized carbons (Fsp3) is 0.538. The second kappa shape index (κ2) is 7.64. The number of hydrogen-bond donors (Lipinski definition) is 1. The van der Waals surface area contributed by atoms with Gasteiger partial charge in [-0.25, -0.2) is 4.98 Å². The Bertz CT molecular complexity index is 524. The number of aromatic nitrogens is 1. The van der Waals surface area contributed by atoms with Crippen LogP contribution in [0.2, 0.25) is 5.02 Å². The molecule has 22 heavy (non-hydrogen) atoms. The van der Waals surface area contributed by atoms with Gasteiger partial charge in [0, 0.05) is 18.8 Å². The molecule has 0 radical (unpaired) electrons. The summed E-state index contributed by atoms with van der Waals surface area (Å²) >= 11 is 5.77. The number of halogens is 4.